The molecule has 0 radical (unpaired) electrons. The first-order valence-electron chi connectivity index (χ1n) is 6.01. The molecule has 98 valence electrons. The second-order valence-corrected chi connectivity index (χ2v) is 5.12. The number of thioether (sulfide) groups is 1. The van der Waals surface area contributed by atoms with Crippen LogP contribution in [0.25, 0.3) is 0 Å². The maximum Gasteiger partial charge on any atom is 0.122 e. The van der Waals surface area contributed by atoms with Gasteiger partial charge in [0.05, 0.1) is 6.61 Å². The topological polar surface area (TPSA) is 59.1 Å². The van der Waals surface area contributed by atoms with E-state index in [2.05, 4.69) is 12.1 Å². The highest BCUT2D eigenvalue weighted by Crippen LogP contribution is 2.18. The van der Waals surface area contributed by atoms with Gasteiger partial charge >= 0.3 is 0 Å². The van der Waals surface area contributed by atoms with Crippen LogP contribution in [0.15, 0.2) is 59.5 Å². The fourth-order valence-corrected chi connectivity index (χ4v) is 2.34. The summed E-state index contributed by atoms with van der Waals surface area (Å²) in [5.41, 5.74) is 6.13. The number of hydrogen-bond acceptors (Lipinski definition) is 3. The molecule has 0 aliphatic heterocycles. The first-order valence-corrected chi connectivity index (χ1v) is 6.99. The molecule has 0 unspecified atom stereocenters. The molecule has 3 nitrogen and oxygen atoms in total. The largest absolute Gasteiger partial charge is 0.493 e. The van der Waals surface area contributed by atoms with E-state index < -0.39 is 0 Å². The Morgan fingerprint density at radius 3 is 2.63 bits per heavy atom. The Bertz CT molecular complexity index is 543. The van der Waals surface area contributed by atoms with E-state index in [0.29, 0.717) is 12.2 Å². The van der Waals surface area contributed by atoms with Crippen molar-refractivity contribution in [1.82, 2.24) is 0 Å². The van der Waals surface area contributed by atoms with E-state index in [4.69, 9.17) is 15.9 Å². The van der Waals surface area contributed by atoms with Crippen LogP contribution in [0, 0.1) is 5.41 Å². The Labute approximate surface area is 117 Å². The molecular weight excluding hydrogens is 256 g/mol. The van der Waals surface area contributed by atoms with Crippen LogP contribution in [0.1, 0.15) is 5.56 Å². The van der Waals surface area contributed by atoms with Crippen molar-refractivity contribution >= 4 is 17.6 Å². The van der Waals surface area contributed by atoms with Crippen LogP contribution in [-0.4, -0.2) is 18.2 Å². The first kappa shape index (κ1) is 13.5. The Hall–Kier alpha value is -1.94. The van der Waals surface area contributed by atoms with Gasteiger partial charge in [-0.05, 0) is 24.3 Å². The van der Waals surface area contributed by atoms with Crippen molar-refractivity contribution < 1.29 is 4.74 Å². The number of nitrogens with one attached hydrogen (secondary N) is 1. The lowest BCUT2D eigenvalue weighted by Gasteiger charge is -2.07. The van der Waals surface area contributed by atoms with E-state index in [-0.39, 0.29) is 5.84 Å². The van der Waals surface area contributed by atoms with E-state index in [1.807, 2.05) is 30.3 Å². The lowest BCUT2D eigenvalue weighted by atomic mass is 10.2. The summed E-state index contributed by atoms with van der Waals surface area (Å²) in [4.78, 5) is 1.24. The summed E-state index contributed by atoms with van der Waals surface area (Å²) >= 11 is 1.76. The predicted octanol–water partition coefficient (Wildman–Crippen LogP) is 3.14. The van der Waals surface area contributed by atoms with Gasteiger partial charge < -0.3 is 10.5 Å². The Morgan fingerprint density at radius 1 is 1.11 bits per heavy atom. The second kappa shape index (κ2) is 6.85. The summed E-state index contributed by atoms with van der Waals surface area (Å²) in [6.07, 6.45) is 0. The summed E-state index contributed by atoms with van der Waals surface area (Å²) < 4.78 is 5.65. The van der Waals surface area contributed by atoms with Gasteiger partial charge in [0.25, 0.3) is 0 Å². The molecule has 2 aromatic rings. The monoisotopic (exact) mass is 272 g/mol. The van der Waals surface area contributed by atoms with Crippen LogP contribution in [0.2, 0.25) is 0 Å². The van der Waals surface area contributed by atoms with E-state index >= 15 is 0 Å². The molecule has 0 amide bonds. The fraction of sp³-hybridized carbons (Fsp3) is 0.133. The minimum absolute atomic E-state index is 0.0594. The van der Waals surface area contributed by atoms with Gasteiger partial charge in [-0.2, -0.15) is 0 Å². The standard InChI is InChI=1S/C15H16N2OS/c16-15(17)12-5-4-6-13(11-12)18-9-10-19-14-7-2-1-3-8-14/h1-8,11H,9-10H2,(H3,16,17). The second-order valence-electron chi connectivity index (χ2n) is 3.95. The Balaban J connectivity index is 1.80. The van der Waals surface area contributed by atoms with Gasteiger partial charge in [-0.25, -0.2) is 0 Å². The molecular formula is C15H16N2OS. The van der Waals surface area contributed by atoms with Gasteiger partial charge in [0.15, 0.2) is 0 Å². The summed E-state index contributed by atoms with van der Waals surface area (Å²) in [6, 6.07) is 17.5. The van der Waals surface area contributed by atoms with Crippen molar-refractivity contribution in [3.63, 3.8) is 0 Å². The summed E-state index contributed by atoms with van der Waals surface area (Å²) in [6.45, 7) is 0.626. The maximum atomic E-state index is 7.38. The molecule has 4 heteroatoms. The van der Waals surface area contributed by atoms with Crippen molar-refractivity contribution in [1.29, 1.82) is 5.41 Å². The van der Waals surface area contributed by atoms with Crippen molar-refractivity contribution in [2.45, 2.75) is 4.90 Å². The number of amidine groups is 1. The van der Waals surface area contributed by atoms with Crippen LogP contribution < -0.4 is 10.5 Å². The van der Waals surface area contributed by atoms with Crippen LogP contribution in [0.5, 0.6) is 5.75 Å². The van der Waals surface area contributed by atoms with Crippen molar-refractivity contribution in [3.8, 4) is 5.75 Å². The molecule has 19 heavy (non-hydrogen) atoms. The maximum absolute atomic E-state index is 7.38. The van der Waals surface area contributed by atoms with E-state index in [9.17, 15) is 0 Å². The van der Waals surface area contributed by atoms with Crippen LogP contribution >= 0.6 is 11.8 Å². The van der Waals surface area contributed by atoms with E-state index in [1.54, 1.807) is 23.9 Å². The van der Waals surface area contributed by atoms with Gasteiger partial charge in [-0.15, -0.1) is 11.8 Å². The van der Waals surface area contributed by atoms with Gasteiger partial charge in [0, 0.05) is 16.2 Å². The molecule has 0 saturated heterocycles. The number of ether oxygens (including phenoxy) is 1. The highest BCUT2D eigenvalue weighted by molar-refractivity contribution is 7.99. The highest BCUT2D eigenvalue weighted by atomic mass is 32.2. The van der Waals surface area contributed by atoms with Crippen molar-refractivity contribution in [2.75, 3.05) is 12.4 Å². The molecule has 0 aliphatic carbocycles. The third-order valence-corrected chi connectivity index (χ3v) is 3.49. The minimum atomic E-state index is 0.0594. The summed E-state index contributed by atoms with van der Waals surface area (Å²) in [5, 5.41) is 7.38. The van der Waals surface area contributed by atoms with Gasteiger partial charge in [0.1, 0.15) is 11.6 Å². The molecule has 0 bridgehead atoms. The molecule has 0 aromatic heterocycles. The first-order chi connectivity index (χ1) is 9.25. The number of hydrogen-bond donors (Lipinski definition) is 2. The molecule has 0 aliphatic rings. The Morgan fingerprint density at radius 2 is 1.89 bits per heavy atom. The molecule has 2 aromatic carbocycles. The third kappa shape index (κ3) is 4.34. The van der Waals surface area contributed by atoms with Crippen LogP contribution in [0.3, 0.4) is 0 Å². The number of nitrogens with two attached hydrogens (primary N) is 1. The van der Waals surface area contributed by atoms with Gasteiger partial charge in [0.2, 0.25) is 0 Å². The minimum Gasteiger partial charge on any atom is -0.493 e. The smallest absolute Gasteiger partial charge is 0.122 e. The molecule has 0 fully saturated rings. The SMILES string of the molecule is N=C(N)c1cccc(OCCSc2ccccc2)c1. The Kier molecular flexibility index (Phi) is 4.86. The summed E-state index contributed by atoms with van der Waals surface area (Å²) in [5.74, 6) is 1.69. The van der Waals surface area contributed by atoms with Crippen molar-refractivity contribution in [2.24, 2.45) is 5.73 Å². The number of nitrogen functional groups attached to an aromatic ring is 1. The zero-order valence-corrected chi connectivity index (χ0v) is 11.3. The van der Waals surface area contributed by atoms with E-state index in [1.165, 1.54) is 4.90 Å². The van der Waals surface area contributed by atoms with E-state index in [0.717, 1.165) is 11.5 Å². The van der Waals surface area contributed by atoms with Crippen LogP contribution in [-0.2, 0) is 0 Å². The molecule has 0 atom stereocenters. The molecule has 0 heterocycles. The van der Waals surface area contributed by atoms with Gasteiger partial charge in [-0.3, -0.25) is 5.41 Å². The number of benzene rings is 2. The lowest BCUT2D eigenvalue weighted by molar-refractivity contribution is 0.344. The van der Waals surface area contributed by atoms with Gasteiger partial charge in [-0.1, -0.05) is 30.3 Å². The summed E-state index contributed by atoms with van der Waals surface area (Å²) in [7, 11) is 0. The predicted molar refractivity (Wildman–Crippen MR) is 80.1 cm³/mol. The average Bonchev–Trinajstić information content (AvgIpc) is 2.45. The average molecular weight is 272 g/mol. The highest BCUT2D eigenvalue weighted by Gasteiger charge is 1.99. The zero-order valence-electron chi connectivity index (χ0n) is 10.5. The quantitative estimate of drug-likeness (QED) is 0.367. The molecule has 0 spiro atoms. The molecule has 0 saturated carbocycles. The number of rotatable bonds is 6. The lowest BCUT2D eigenvalue weighted by Crippen LogP contribution is -2.11. The van der Waals surface area contributed by atoms with Crippen molar-refractivity contribution in [3.05, 3.63) is 60.2 Å². The zero-order chi connectivity index (χ0) is 13.5. The van der Waals surface area contributed by atoms with Crippen LogP contribution in [0.4, 0.5) is 0 Å². The molecule has 2 rings (SSSR count). The molecule has 3 N–H and O–H groups in total. The third-order valence-electron chi connectivity index (χ3n) is 2.51. The fourth-order valence-electron chi connectivity index (χ4n) is 1.59. The normalized spacial score (nSPS) is 10.1.